The number of carbonyl (C=O) groups excluding carboxylic acids is 1. The van der Waals surface area contributed by atoms with Gasteiger partial charge in [-0.2, -0.15) is 0 Å². The van der Waals surface area contributed by atoms with Crippen molar-refractivity contribution < 1.29 is 19.4 Å². The van der Waals surface area contributed by atoms with E-state index in [2.05, 4.69) is 39.1 Å². The van der Waals surface area contributed by atoms with E-state index in [1.54, 1.807) is 0 Å². The SMILES string of the molecule is CC1(C)CCC(C)(C)c2cc(C(=O)NC3(CC(=O)O)CCOCC3)ccc21. The Morgan fingerprint density at radius 1 is 1.00 bits per heavy atom. The van der Waals surface area contributed by atoms with E-state index in [9.17, 15) is 14.7 Å². The van der Waals surface area contributed by atoms with Crippen LogP contribution in [0, 0.1) is 0 Å². The molecule has 0 unspecified atom stereocenters. The molecule has 27 heavy (non-hydrogen) atoms. The molecule has 148 valence electrons. The van der Waals surface area contributed by atoms with Gasteiger partial charge in [-0.3, -0.25) is 9.59 Å². The maximum Gasteiger partial charge on any atom is 0.305 e. The Morgan fingerprint density at radius 2 is 1.59 bits per heavy atom. The van der Waals surface area contributed by atoms with Gasteiger partial charge >= 0.3 is 5.97 Å². The van der Waals surface area contributed by atoms with Crippen LogP contribution < -0.4 is 5.32 Å². The molecule has 1 aromatic rings. The summed E-state index contributed by atoms with van der Waals surface area (Å²) in [6.45, 7) is 9.91. The molecule has 1 heterocycles. The topological polar surface area (TPSA) is 75.6 Å². The van der Waals surface area contributed by atoms with Gasteiger partial charge in [-0.25, -0.2) is 0 Å². The first-order chi connectivity index (χ1) is 12.5. The molecule has 0 aromatic heterocycles. The lowest BCUT2D eigenvalue weighted by Gasteiger charge is -2.42. The van der Waals surface area contributed by atoms with Crippen molar-refractivity contribution in [3.8, 4) is 0 Å². The molecule has 2 aliphatic rings. The summed E-state index contributed by atoms with van der Waals surface area (Å²) in [4.78, 5) is 24.4. The number of fused-ring (bicyclic) bond motifs is 1. The van der Waals surface area contributed by atoms with Gasteiger partial charge in [-0.15, -0.1) is 0 Å². The molecule has 3 rings (SSSR count). The Morgan fingerprint density at radius 3 is 2.19 bits per heavy atom. The first-order valence-electron chi connectivity index (χ1n) is 9.82. The third kappa shape index (κ3) is 4.03. The molecule has 1 fully saturated rings. The highest BCUT2D eigenvalue weighted by atomic mass is 16.5. The maximum atomic E-state index is 13.0. The second kappa shape index (κ2) is 6.93. The van der Waals surface area contributed by atoms with Crippen LogP contribution in [0.3, 0.4) is 0 Å². The number of aliphatic carboxylic acids is 1. The van der Waals surface area contributed by atoms with E-state index in [0.29, 0.717) is 31.6 Å². The lowest BCUT2D eigenvalue weighted by atomic mass is 9.63. The Balaban J connectivity index is 1.90. The van der Waals surface area contributed by atoms with Crippen molar-refractivity contribution in [1.29, 1.82) is 0 Å². The van der Waals surface area contributed by atoms with E-state index < -0.39 is 11.5 Å². The van der Waals surface area contributed by atoms with Crippen LogP contribution in [0.25, 0.3) is 0 Å². The van der Waals surface area contributed by atoms with E-state index in [4.69, 9.17) is 4.74 Å². The maximum absolute atomic E-state index is 13.0. The van der Waals surface area contributed by atoms with Crippen LogP contribution in [0.1, 0.15) is 81.3 Å². The van der Waals surface area contributed by atoms with E-state index in [0.717, 1.165) is 12.8 Å². The molecule has 1 saturated heterocycles. The average Bonchev–Trinajstić information content (AvgIpc) is 2.59. The minimum absolute atomic E-state index is 0.0264. The van der Waals surface area contributed by atoms with Crippen molar-refractivity contribution >= 4 is 11.9 Å². The number of hydrogen-bond donors (Lipinski definition) is 2. The fraction of sp³-hybridized carbons (Fsp3) is 0.636. The Kier molecular flexibility index (Phi) is 5.10. The fourth-order valence-electron chi connectivity index (χ4n) is 4.44. The van der Waals surface area contributed by atoms with Crippen molar-refractivity contribution in [3.05, 3.63) is 34.9 Å². The van der Waals surface area contributed by atoms with Crippen molar-refractivity contribution in [2.45, 2.75) is 76.2 Å². The zero-order valence-corrected chi connectivity index (χ0v) is 16.9. The number of amides is 1. The lowest BCUT2D eigenvalue weighted by molar-refractivity contribution is -0.139. The van der Waals surface area contributed by atoms with Crippen LogP contribution in [0.2, 0.25) is 0 Å². The fourth-order valence-corrected chi connectivity index (χ4v) is 4.44. The summed E-state index contributed by atoms with van der Waals surface area (Å²) < 4.78 is 5.37. The molecule has 2 N–H and O–H groups in total. The molecule has 5 nitrogen and oxygen atoms in total. The number of carboxylic acids is 1. The third-order valence-corrected chi connectivity index (χ3v) is 6.43. The molecule has 0 saturated carbocycles. The van der Waals surface area contributed by atoms with Crippen LogP contribution >= 0.6 is 0 Å². The highest BCUT2D eigenvalue weighted by molar-refractivity contribution is 5.95. The predicted molar refractivity (Wildman–Crippen MR) is 104 cm³/mol. The quantitative estimate of drug-likeness (QED) is 0.842. The zero-order chi connectivity index (χ0) is 19.9. The largest absolute Gasteiger partial charge is 0.481 e. The van der Waals surface area contributed by atoms with Crippen LogP contribution in [0.5, 0.6) is 0 Å². The summed E-state index contributed by atoms with van der Waals surface area (Å²) in [7, 11) is 0. The molecule has 1 amide bonds. The van der Waals surface area contributed by atoms with Crippen LogP contribution in [0.15, 0.2) is 18.2 Å². The molecule has 1 aliphatic heterocycles. The Bertz CT molecular complexity index is 745. The zero-order valence-electron chi connectivity index (χ0n) is 16.9. The molecular formula is C22H31NO4. The standard InChI is InChI=1S/C22H31NO4/c1-20(2)7-8-21(3,4)17-13-15(5-6-16(17)20)19(26)23-22(14-18(24)25)9-11-27-12-10-22/h5-6,13H,7-12,14H2,1-4H3,(H,23,26)(H,24,25). The summed E-state index contributed by atoms with van der Waals surface area (Å²) in [6.07, 6.45) is 3.17. The highest BCUT2D eigenvalue weighted by Gasteiger charge is 2.39. The van der Waals surface area contributed by atoms with Gasteiger partial charge in [0.25, 0.3) is 5.91 Å². The number of benzene rings is 1. The molecule has 0 bridgehead atoms. The van der Waals surface area contributed by atoms with E-state index in [1.807, 2.05) is 12.1 Å². The predicted octanol–water partition coefficient (Wildman–Crippen LogP) is 3.79. The molecule has 0 spiro atoms. The summed E-state index contributed by atoms with van der Waals surface area (Å²) in [6, 6.07) is 5.98. The second-order valence-electron chi connectivity index (χ2n) is 9.45. The Labute approximate surface area is 161 Å². The minimum Gasteiger partial charge on any atom is -0.481 e. The second-order valence-corrected chi connectivity index (χ2v) is 9.45. The van der Waals surface area contributed by atoms with Crippen molar-refractivity contribution in [1.82, 2.24) is 5.32 Å². The smallest absolute Gasteiger partial charge is 0.305 e. The van der Waals surface area contributed by atoms with Gasteiger partial charge in [-0.1, -0.05) is 33.8 Å². The van der Waals surface area contributed by atoms with E-state index in [1.165, 1.54) is 11.1 Å². The van der Waals surface area contributed by atoms with Crippen molar-refractivity contribution in [2.24, 2.45) is 0 Å². The monoisotopic (exact) mass is 373 g/mol. The van der Waals surface area contributed by atoms with Gasteiger partial charge in [0.15, 0.2) is 0 Å². The van der Waals surface area contributed by atoms with Gasteiger partial charge in [-0.05, 0) is 59.8 Å². The van der Waals surface area contributed by atoms with Crippen molar-refractivity contribution in [2.75, 3.05) is 13.2 Å². The van der Waals surface area contributed by atoms with Crippen LogP contribution in [0.4, 0.5) is 0 Å². The summed E-state index contributed by atoms with van der Waals surface area (Å²) >= 11 is 0. The summed E-state index contributed by atoms with van der Waals surface area (Å²) in [5.41, 5.74) is 2.54. The van der Waals surface area contributed by atoms with Gasteiger partial charge < -0.3 is 15.2 Å². The summed E-state index contributed by atoms with van der Waals surface area (Å²) in [5, 5.41) is 12.3. The Hall–Kier alpha value is -1.88. The molecule has 0 radical (unpaired) electrons. The number of rotatable bonds is 4. The van der Waals surface area contributed by atoms with Gasteiger partial charge in [0.2, 0.25) is 0 Å². The number of hydrogen-bond acceptors (Lipinski definition) is 3. The van der Waals surface area contributed by atoms with Gasteiger partial charge in [0.1, 0.15) is 0 Å². The molecule has 0 atom stereocenters. The number of carboxylic acid groups (broad SMARTS) is 1. The molecule has 5 heteroatoms. The summed E-state index contributed by atoms with van der Waals surface area (Å²) in [5.74, 6) is -1.09. The van der Waals surface area contributed by atoms with Gasteiger partial charge in [0, 0.05) is 18.8 Å². The van der Waals surface area contributed by atoms with Gasteiger partial charge in [0.05, 0.1) is 12.0 Å². The minimum atomic E-state index is -0.898. The third-order valence-electron chi connectivity index (χ3n) is 6.43. The van der Waals surface area contributed by atoms with E-state index >= 15 is 0 Å². The molecule has 1 aromatic carbocycles. The molecule has 1 aliphatic carbocycles. The van der Waals surface area contributed by atoms with Crippen LogP contribution in [-0.2, 0) is 20.4 Å². The van der Waals surface area contributed by atoms with Crippen molar-refractivity contribution in [3.63, 3.8) is 0 Å². The lowest BCUT2D eigenvalue weighted by Crippen LogP contribution is -2.53. The molecular weight excluding hydrogens is 342 g/mol. The first-order valence-corrected chi connectivity index (χ1v) is 9.82. The number of nitrogens with one attached hydrogen (secondary N) is 1. The number of ether oxygens (including phenoxy) is 1. The highest BCUT2D eigenvalue weighted by Crippen LogP contribution is 2.45. The van der Waals surface area contributed by atoms with E-state index in [-0.39, 0.29) is 23.2 Å². The average molecular weight is 373 g/mol. The first kappa shape index (κ1) is 19.9. The van der Waals surface area contributed by atoms with Crippen LogP contribution in [-0.4, -0.2) is 35.7 Å². The number of carbonyl (C=O) groups is 2. The normalized spacial score (nSPS) is 22.5.